The Morgan fingerprint density at radius 1 is 0.941 bits per heavy atom. The average Bonchev–Trinajstić information content (AvgIpc) is 2.30. The van der Waals surface area contributed by atoms with E-state index in [9.17, 15) is 0 Å². The van der Waals surface area contributed by atoms with Gasteiger partial charge >= 0.3 is 0 Å². The predicted molar refractivity (Wildman–Crippen MR) is 76.1 cm³/mol. The number of halogens is 1. The van der Waals surface area contributed by atoms with Crippen molar-refractivity contribution in [1.82, 2.24) is 0 Å². The van der Waals surface area contributed by atoms with Gasteiger partial charge in [0.05, 0.1) is 0 Å². The van der Waals surface area contributed by atoms with E-state index in [0.717, 1.165) is 5.02 Å². The van der Waals surface area contributed by atoms with Gasteiger partial charge in [0.2, 0.25) is 0 Å². The molecule has 0 aliphatic carbocycles. The molecule has 17 heavy (non-hydrogen) atoms. The summed E-state index contributed by atoms with van der Waals surface area (Å²) < 4.78 is 0. The first-order valence-electron chi connectivity index (χ1n) is 5.69. The highest BCUT2D eigenvalue weighted by Crippen LogP contribution is 2.32. The van der Waals surface area contributed by atoms with E-state index in [1.807, 2.05) is 18.2 Å². The van der Waals surface area contributed by atoms with Crippen LogP contribution in [0.4, 0.5) is 0 Å². The van der Waals surface area contributed by atoms with Gasteiger partial charge in [-0.25, -0.2) is 0 Å². The lowest BCUT2D eigenvalue weighted by atomic mass is 10.0. The van der Waals surface area contributed by atoms with Crippen LogP contribution < -0.4 is 0 Å². The van der Waals surface area contributed by atoms with E-state index in [4.69, 9.17) is 11.6 Å². The Morgan fingerprint density at radius 3 is 2.24 bits per heavy atom. The Balaban J connectivity index is 2.21. The van der Waals surface area contributed by atoms with Gasteiger partial charge in [-0.3, -0.25) is 0 Å². The zero-order valence-corrected chi connectivity index (χ0v) is 11.6. The topological polar surface area (TPSA) is 0 Å². The van der Waals surface area contributed by atoms with Crippen molar-refractivity contribution in [2.75, 3.05) is 0 Å². The van der Waals surface area contributed by atoms with Crippen molar-refractivity contribution >= 4 is 23.4 Å². The fourth-order valence-corrected chi connectivity index (χ4v) is 3.01. The fourth-order valence-electron chi connectivity index (χ4n) is 1.66. The van der Waals surface area contributed by atoms with E-state index in [1.54, 1.807) is 11.8 Å². The van der Waals surface area contributed by atoms with E-state index in [0.29, 0.717) is 5.92 Å². The van der Waals surface area contributed by atoms with Gasteiger partial charge in [0.1, 0.15) is 0 Å². The molecule has 0 amide bonds. The van der Waals surface area contributed by atoms with Crippen LogP contribution in [0.5, 0.6) is 0 Å². The fraction of sp³-hybridized carbons (Fsp3) is 0.200. The standard InChI is InChI=1S/C15H15ClS/c1-11(2)14-9-8-13(10-15(14)16)17-12-6-4-3-5-7-12/h3-11H,1-2H3. The maximum atomic E-state index is 6.28. The number of hydrogen-bond acceptors (Lipinski definition) is 1. The van der Waals surface area contributed by atoms with Crippen LogP contribution in [0.15, 0.2) is 58.3 Å². The van der Waals surface area contributed by atoms with Crippen molar-refractivity contribution in [2.45, 2.75) is 29.6 Å². The summed E-state index contributed by atoms with van der Waals surface area (Å²) in [5.41, 5.74) is 1.21. The minimum atomic E-state index is 0.471. The molecule has 2 aromatic rings. The quantitative estimate of drug-likeness (QED) is 0.692. The van der Waals surface area contributed by atoms with Crippen LogP contribution in [0.2, 0.25) is 5.02 Å². The summed E-state index contributed by atoms with van der Waals surface area (Å²) in [6.07, 6.45) is 0. The molecule has 0 saturated carbocycles. The first-order valence-corrected chi connectivity index (χ1v) is 6.88. The van der Waals surface area contributed by atoms with Crippen LogP contribution in [0.25, 0.3) is 0 Å². The number of hydrogen-bond donors (Lipinski definition) is 0. The lowest BCUT2D eigenvalue weighted by Gasteiger charge is -2.09. The molecule has 0 radical (unpaired) electrons. The first kappa shape index (κ1) is 12.5. The van der Waals surface area contributed by atoms with Crippen molar-refractivity contribution in [3.63, 3.8) is 0 Å². The molecule has 2 aromatic carbocycles. The number of rotatable bonds is 3. The lowest BCUT2D eigenvalue weighted by Crippen LogP contribution is -1.88. The van der Waals surface area contributed by atoms with Crippen molar-refractivity contribution in [2.24, 2.45) is 0 Å². The van der Waals surface area contributed by atoms with Gasteiger partial charge < -0.3 is 0 Å². The third-order valence-electron chi connectivity index (χ3n) is 2.57. The van der Waals surface area contributed by atoms with E-state index in [-0.39, 0.29) is 0 Å². The van der Waals surface area contributed by atoms with Gasteiger partial charge in [-0.05, 0) is 35.7 Å². The predicted octanol–water partition coefficient (Wildman–Crippen LogP) is 5.61. The van der Waals surface area contributed by atoms with Crippen LogP contribution in [-0.4, -0.2) is 0 Å². The molecule has 0 bridgehead atoms. The Morgan fingerprint density at radius 2 is 1.65 bits per heavy atom. The molecule has 0 atom stereocenters. The molecule has 0 N–H and O–H groups in total. The summed E-state index contributed by atoms with van der Waals surface area (Å²) in [4.78, 5) is 2.42. The van der Waals surface area contributed by atoms with Crippen molar-refractivity contribution in [3.8, 4) is 0 Å². The Kier molecular flexibility index (Phi) is 4.14. The second kappa shape index (κ2) is 5.61. The molecule has 2 heteroatoms. The minimum absolute atomic E-state index is 0.471. The summed E-state index contributed by atoms with van der Waals surface area (Å²) >= 11 is 8.02. The highest BCUT2D eigenvalue weighted by Gasteiger charge is 2.06. The molecule has 88 valence electrons. The van der Waals surface area contributed by atoms with Gasteiger partial charge in [0.15, 0.2) is 0 Å². The minimum Gasteiger partial charge on any atom is -0.0901 e. The molecule has 0 aliphatic rings. The summed E-state index contributed by atoms with van der Waals surface area (Å²) in [6, 6.07) is 16.6. The van der Waals surface area contributed by atoms with E-state index < -0.39 is 0 Å². The molecule has 0 aromatic heterocycles. The molecule has 0 spiro atoms. The monoisotopic (exact) mass is 262 g/mol. The van der Waals surface area contributed by atoms with Crippen LogP contribution in [-0.2, 0) is 0 Å². The summed E-state index contributed by atoms with van der Waals surface area (Å²) in [5, 5.41) is 0.862. The molecule has 0 heterocycles. The molecular weight excluding hydrogens is 248 g/mol. The average molecular weight is 263 g/mol. The first-order chi connectivity index (χ1) is 8.16. The second-order valence-corrected chi connectivity index (χ2v) is 5.81. The molecular formula is C15H15ClS. The molecule has 0 unspecified atom stereocenters. The van der Waals surface area contributed by atoms with Crippen LogP contribution in [0.3, 0.4) is 0 Å². The second-order valence-electron chi connectivity index (χ2n) is 4.25. The summed E-state index contributed by atoms with van der Waals surface area (Å²) in [6.45, 7) is 4.32. The van der Waals surface area contributed by atoms with Crippen molar-refractivity contribution in [1.29, 1.82) is 0 Å². The highest BCUT2D eigenvalue weighted by atomic mass is 35.5. The smallest absolute Gasteiger partial charge is 0.0451 e. The highest BCUT2D eigenvalue weighted by molar-refractivity contribution is 7.99. The SMILES string of the molecule is CC(C)c1ccc(Sc2ccccc2)cc1Cl. The van der Waals surface area contributed by atoms with Gasteiger partial charge in [0, 0.05) is 14.8 Å². The third kappa shape index (κ3) is 3.27. The maximum Gasteiger partial charge on any atom is 0.0451 e. The Bertz CT molecular complexity index is 492. The molecule has 0 nitrogen and oxygen atoms in total. The maximum absolute atomic E-state index is 6.28. The van der Waals surface area contributed by atoms with E-state index >= 15 is 0 Å². The van der Waals surface area contributed by atoms with Crippen LogP contribution in [0, 0.1) is 0 Å². The largest absolute Gasteiger partial charge is 0.0901 e. The molecule has 0 aliphatic heterocycles. The summed E-state index contributed by atoms with van der Waals surface area (Å²) in [5.74, 6) is 0.471. The van der Waals surface area contributed by atoms with Crippen LogP contribution in [0.1, 0.15) is 25.3 Å². The summed E-state index contributed by atoms with van der Waals surface area (Å²) in [7, 11) is 0. The van der Waals surface area contributed by atoms with E-state index in [1.165, 1.54) is 15.4 Å². The van der Waals surface area contributed by atoms with Gasteiger partial charge in [-0.1, -0.05) is 61.5 Å². The zero-order chi connectivity index (χ0) is 12.3. The molecule has 2 rings (SSSR count). The Hall–Kier alpha value is -0.920. The Labute approximate surface area is 112 Å². The van der Waals surface area contributed by atoms with Gasteiger partial charge in [0.25, 0.3) is 0 Å². The van der Waals surface area contributed by atoms with E-state index in [2.05, 4.69) is 44.2 Å². The molecule has 0 fully saturated rings. The normalized spacial score (nSPS) is 10.8. The number of benzene rings is 2. The molecule has 0 saturated heterocycles. The van der Waals surface area contributed by atoms with Crippen molar-refractivity contribution < 1.29 is 0 Å². The van der Waals surface area contributed by atoms with Gasteiger partial charge in [-0.15, -0.1) is 0 Å². The van der Waals surface area contributed by atoms with Crippen LogP contribution >= 0.6 is 23.4 Å². The lowest BCUT2D eigenvalue weighted by molar-refractivity contribution is 0.865. The van der Waals surface area contributed by atoms with Gasteiger partial charge in [-0.2, -0.15) is 0 Å². The van der Waals surface area contributed by atoms with Crippen molar-refractivity contribution in [3.05, 3.63) is 59.1 Å². The third-order valence-corrected chi connectivity index (χ3v) is 3.90. The zero-order valence-electron chi connectivity index (χ0n) is 9.98.